The van der Waals surface area contributed by atoms with E-state index in [9.17, 15) is 4.79 Å². The van der Waals surface area contributed by atoms with Crippen LogP contribution in [-0.2, 0) is 7.05 Å². The largest absolute Gasteiger partial charge is 0.371 e. The second-order valence-corrected chi connectivity index (χ2v) is 9.28. The third-order valence-corrected chi connectivity index (χ3v) is 6.57. The average molecular weight is 465 g/mol. The number of anilines is 2. The van der Waals surface area contributed by atoms with Crippen LogP contribution in [0.5, 0.6) is 0 Å². The van der Waals surface area contributed by atoms with Gasteiger partial charge >= 0.3 is 0 Å². The average Bonchev–Trinajstić information content (AvgIpc) is 3.35. The molecule has 3 aromatic heterocycles. The van der Waals surface area contributed by atoms with Crippen molar-refractivity contribution in [3.8, 4) is 0 Å². The molecule has 1 fully saturated rings. The number of halogens is 1. The smallest absolute Gasteiger partial charge is 0.262 e. The van der Waals surface area contributed by atoms with Crippen molar-refractivity contribution in [1.29, 1.82) is 0 Å². The van der Waals surface area contributed by atoms with E-state index in [2.05, 4.69) is 44.3 Å². The maximum Gasteiger partial charge on any atom is 0.262 e. The summed E-state index contributed by atoms with van der Waals surface area (Å²) >= 11 is 0. The van der Waals surface area contributed by atoms with Gasteiger partial charge in [0.15, 0.2) is 11.5 Å². The zero-order chi connectivity index (χ0) is 24.1. The molecule has 1 amide bonds. The maximum absolute atomic E-state index is 15.4. The van der Waals surface area contributed by atoms with Crippen LogP contribution in [-0.4, -0.2) is 68.2 Å². The van der Waals surface area contributed by atoms with Crippen molar-refractivity contribution < 1.29 is 9.18 Å². The molecule has 0 saturated carbocycles. The van der Waals surface area contributed by atoms with E-state index in [0.717, 1.165) is 48.4 Å². The van der Waals surface area contributed by atoms with Gasteiger partial charge in [0, 0.05) is 44.0 Å². The van der Waals surface area contributed by atoms with E-state index in [-0.39, 0.29) is 5.56 Å². The van der Waals surface area contributed by atoms with Gasteiger partial charge in [-0.2, -0.15) is 5.10 Å². The first-order valence-corrected chi connectivity index (χ1v) is 11.4. The number of aromatic nitrogens is 5. The normalized spacial score (nSPS) is 15.1. The second kappa shape index (κ2) is 8.35. The van der Waals surface area contributed by atoms with Crippen LogP contribution in [0.3, 0.4) is 0 Å². The number of nitrogens with one attached hydrogen (secondary N) is 1. The lowest BCUT2D eigenvalue weighted by Crippen LogP contribution is -2.42. The first kappa shape index (κ1) is 22.3. The third-order valence-electron chi connectivity index (χ3n) is 6.57. The number of rotatable bonds is 4. The minimum absolute atomic E-state index is 0.0781. The maximum atomic E-state index is 15.4. The molecule has 1 aliphatic heterocycles. The topological polar surface area (TPSA) is 83.6 Å². The Morgan fingerprint density at radius 3 is 2.59 bits per heavy atom. The van der Waals surface area contributed by atoms with Gasteiger partial charge in [-0.15, -0.1) is 0 Å². The summed E-state index contributed by atoms with van der Waals surface area (Å²) in [4.78, 5) is 26.5. The summed E-state index contributed by atoms with van der Waals surface area (Å²) in [6, 6.07) is 1.99. The fraction of sp³-hybridized carbons (Fsp3) is 0.417. The summed E-state index contributed by atoms with van der Waals surface area (Å²) in [6.07, 6.45) is 7.38. The van der Waals surface area contributed by atoms with Crippen LogP contribution in [0.2, 0.25) is 0 Å². The monoisotopic (exact) mass is 464 g/mol. The van der Waals surface area contributed by atoms with Crippen LogP contribution in [0, 0.1) is 19.7 Å². The zero-order valence-corrected chi connectivity index (χ0v) is 20.1. The summed E-state index contributed by atoms with van der Waals surface area (Å²) in [5, 5.41) is 7.96. The summed E-state index contributed by atoms with van der Waals surface area (Å²) in [5.74, 6) is -0.838. The van der Waals surface area contributed by atoms with Crippen molar-refractivity contribution in [2.24, 2.45) is 7.05 Å². The highest BCUT2D eigenvalue weighted by Crippen LogP contribution is 2.33. The third kappa shape index (κ3) is 3.87. The number of benzene rings is 1. The van der Waals surface area contributed by atoms with Crippen molar-refractivity contribution in [3.63, 3.8) is 0 Å². The molecule has 0 spiro atoms. The number of nitrogens with zero attached hydrogens (tertiary/aromatic N) is 7. The molecule has 4 heterocycles. The van der Waals surface area contributed by atoms with E-state index in [1.165, 1.54) is 6.07 Å². The van der Waals surface area contributed by atoms with Crippen LogP contribution in [0.15, 0.2) is 24.7 Å². The quantitative estimate of drug-likeness (QED) is 0.500. The van der Waals surface area contributed by atoms with E-state index in [1.807, 2.05) is 26.2 Å². The molecule has 34 heavy (non-hydrogen) atoms. The van der Waals surface area contributed by atoms with Crippen LogP contribution in [0.1, 0.15) is 34.6 Å². The molecule has 178 valence electrons. The van der Waals surface area contributed by atoms with Gasteiger partial charge in [0.25, 0.3) is 5.91 Å². The summed E-state index contributed by atoms with van der Waals surface area (Å²) < 4.78 is 18.9. The number of aryl methyl sites for hydroxylation is 3. The standard InChI is InChI=1S/C24H29FN8O/c1-14-11-33-13-20(27-23(33)15(2)26-14)28-24(34)21-18(25)10-19(17-12-31(5)29-22(17)21)32-8-6-16(7-9-32)30(3)4/h10-13,16H,6-9H2,1-5H3,(H,28,34). The number of hydrogen-bond donors (Lipinski definition) is 1. The van der Waals surface area contributed by atoms with Gasteiger partial charge in [-0.25, -0.2) is 9.37 Å². The SMILES string of the molecule is Cc1cn2cc(NC(=O)c3c(F)cc(N4CCC(N(C)C)CC4)c4cn(C)nc34)nc2c(C)n1. The summed E-state index contributed by atoms with van der Waals surface area (Å²) in [7, 11) is 5.96. The van der Waals surface area contributed by atoms with Gasteiger partial charge in [0.05, 0.1) is 23.3 Å². The van der Waals surface area contributed by atoms with Gasteiger partial charge in [0.1, 0.15) is 16.9 Å². The minimum atomic E-state index is -0.592. The molecular formula is C24H29FN8O. The Morgan fingerprint density at radius 2 is 1.88 bits per heavy atom. The Hall–Kier alpha value is -3.53. The lowest BCUT2D eigenvalue weighted by atomic mass is 10.0. The van der Waals surface area contributed by atoms with Crippen molar-refractivity contribution in [2.75, 3.05) is 37.4 Å². The van der Waals surface area contributed by atoms with Gasteiger partial charge in [0.2, 0.25) is 0 Å². The highest BCUT2D eigenvalue weighted by molar-refractivity contribution is 6.14. The minimum Gasteiger partial charge on any atom is -0.371 e. The van der Waals surface area contributed by atoms with E-state index in [4.69, 9.17) is 0 Å². The number of carbonyl (C=O) groups excluding carboxylic acids is 1. The highest BCUT2D eigenvalue weighted by Gasteiger charge is 2.27. The molecule has 0 bridgehead atoms. The van der Waals surface area contributed by atoms with E-state index >= 15 is 4.39 Å². The Balaban J connectivity index is 1.48. The van der Waals surface area contributed by atoms with Crippen LogP contribution in [0.4, 0.5) is 15.9 Å². The predicted molar refractivity (Wildman–Crippen MR) is 130 cm³/mol. The second-order valence-electron chi connectivity index (χ2n) is 9.28. The first-order chi connectivity index (χ1) is 16.2. The van der Waals surface area contributed by atoms with Crippen molar-refractivity contribution >= 4 is 34.0 Å². The fourth-order valence-corrected chi connectivity index (χ4v) is 4.89. The molecule has 0 unspecified atom stereocenters. The highest BCUT2D eigenvalue weighted by atomic mass is 19.1. The molecule has 1 aromatic carbocycles. The summed E-state index contributed by atoms with van der Waals surface area (Å²) in [5.41, 5.74) is 3.28. The first-order valence-electron chi connectivity index (χ1n) is 11.4. The Labute approximate surface area is 197 Å². The lowest BCUT2D eigenvalue weighted by Gasteiger charge is -2.36. The number of imidazole rings is 1. The number of fused-ring (bicyclic) bond motifs is 2. The molecule has 1 N–H and O–H groups in total. The number of amides is 1. The molecule has 5 rings (SSSR count). The number of hydrogen-bond acceptors (Lipinski definition) is 6. The van der Waals surface area contributed by atoms with Crippen LogP contribution < -0.4 is 10.2 Å². The van der Waals surface area contributed by atoms with Gasteiger partial charge in [-0.3, -0.25) is 14.5 Å². The van der Waals surface area contributed by atoms with Crippen LogP contribution >= 0.6 is 0 Å². The molecule has 9 nitrogen and oxygen atoms in total. The van der Waals surface area contributed by atoms with Crippen molar-refractivity contribution in [1.82, 2.24) is 29.0 Å². The molecule has 0 atom stereocenters. The van der Waals surface area contributed by atoms with Gasteiger partial charge in [-0.1, -0.05) is 0 Å². The Bertz CT molecular complexity index is 1400. The number of carbonyl (C=O) groups is 1. The molecular weight excluding hydrogens is 435 g/mol. The van der Waals surface area contributed by atoms with Crippen molar-refractivity contribution in [2.45, 2.75) is 32.7 Å². The Morgan fingerprint density at radius 1 is 1.15 bits per heavy atom. The molecule has 0 radical (unpaired) electrons. The van der Waals surface area contributed by atoms with E-state index < -0.39 is 11.7 Å². The van der Waals surface area contributed by atoms with E-state index in [0.29, 0.717) is 23.0 Å². The fourth-order valence-electron chi connectivity index (χ4n) is 4.89. The molecule has 4 aromatic rings. The molecule has 1 aliphatic rings. The predicted octanol–water partition coefficient (Wildman–Crippen LogP) is 3.15. The van der Waals surface area contributed by atoms with E-state index in [1.54, 1.807) is 22.3 Å². The van der Waals surface area contributed by atoms with Gasteiger partial charge < -0.3 is 19.5 Å². The Kier molecular flexibility index (Phi) is 5.47. The zero-order valence-electron chi connectivity index (χ0n) is 20.1. The number of piperidine rings is 1. The molecule has 0 aliphatic carbocycles. The van der Waals surface area contributed by atoms with Crippen LogP contribution in [0.25, 0.3) is 16.6 Å². The van der Waals surface area contributed by atoms with Gasteiger partial charge in [-0.05, 0) is 46.9 Å². The molecule has 1 saturated heterocycles. The molecule has 10 heteroatoms. The summed E-state index contributed by atoms with van der Waals surface area (Å²) in [6.45, 7) is 5.40. The van der Waals surface area contributed by atoms with Crippen molar-refractivity contribution in [3.05, 3.63) is 47.4 Å². The lowest BCUT2D eigenvalue weighted by molar-refractivity contribution is 0.102.